The van der Waals surface area contributed by atoms with Crippen LogP contribution in [0, 0.1) is 0 Å². The Hall–Kier alpha value is -4.00. The summed E-state index contributed by atoms with van der Waals surface area (Å²) in [5.41, 5.74) is 4.43. The highest BCUT2D eigenvalue weighted by atomic mass is 16.5. The number of hydrogen-bond acceptors (Lipinski definition) is 5. The van der Waals surface area contributed by atoms with Gasteiger partial charge in [0.2, 0.25) is 0 Å². The van der Waals surface area contributed by atoms with Crippen molar-refractivity contribution in [1.82, 2.24) is 15.0 Å². The number of rotatable bonds is 7. The van der Waals surface area contributed by atoms with Crippen LogP contribution in [0.15, 0.2) is 72.8 Å². The summed E-state index contributed by atoms with van der Waals surface area (Å²) in [7, 11) is 0. The third-order valence-corrected chi connectivity index (χ3v) is 4.78. The van der Waals surface area contributed by atoms with Crippen molar-refractivity contribution in [2.45, 2.75) is 19.9 Å². The standard InChI is InChI=1S/C24H22N4O3/c1-2-15-31-24(30)19-11-13-20(14-12-19)25-23(29)18-9-7-17(8-10-18)16-28-22-6-4-3-5-21(22)26-27-28/h3-14H,2,15-16H2,1H3,(H,25,29). The van der Waals surface area contributed by atoms with E-state index < -0.39 is 0 Å². The fraction of sp³-hybridized carbons (Fsp3) is 0.167. The van der Waals surface area contributed by atoms with Gasteiger partial charge in [-0.2, -0.15) is 0 Å². The van der Waals surface area contributed by atoms with Crippen LogP contribution < -0.4 is 5.32 Å². The van der Waals surface area contributed by atoms with E-state index >= 15 is 0 Å². The molecule has 1 N–H and O–H groups in total. The lowest BCUT2D eigenvalue weighted by molar-refractivity contribution is 0.0505. The molecule has 1 aromatic heterocycles. The summed E-state index contributed by atoms with van der Waals surface area (Å²) in [5, 5.41) is 11.2. The summed E-state index contributed by atoms with van der Waals surface area (Å²) < 4.78 is 6.93. The average Bonchev–Trinajstić information content (AvgIpc) is 3.21. The van der Waals surface area contributed by atoms with Gasteiger partial charge < -0.3 is 10.1 Å². The summed E-state index contributed by atoms with van der Waals surface area (Å²) in [6.07, 6.45) is 0.772. The molecule has 0 atom stereocenters. The largest absolute Gasteiger partial charge is 0.462 e. The SMILES string of the molecule is CCCOC(=O)c1ccc(NC(=O)c2ccc(Cn3nnc4ccccc43)cc2)cc1. The van der Waals surface area contributed by atoms with Crippen LogP contribution in [0.3, 0.4) is 0 Å². The van der Waals surface area contributed by atoms with Crippen LogP contribution >= 0.6 is 0 Å². The average molecular weight is 414 g/mol. The van der Waals surface area contributed by atoms with Gasteiger partial charge in [0.1, 0.15) is 5.52 Å². The first kappa shape index (κ1) is 20.3. The summed E-state index contributed by atoms with van der Waals surface area (Å²) in [6, 6.07) is 21.8. The molecule has 1 heterocycles. The molecule has 4 rings (SSSR count). The smallest absolute Gasteiger partial charge is 0.338 e. The maximum absolute atomic E-state index is 12.5. The number of ether oxygens (including phenoxy) is 1. The Kier molecular flexibility index (Phi) is 6.03. The van der Waals surface area contributed by atoms with Crippen LogP contribution in [0.2, 0.25) is 0 Å². The van der Waals surface area contributed by atoms with Crippen LogP contribution in [-0.2, 0) is 11.3 Å². The highest BCUT2D eigenvalue weighted by Crippen LogP contribution is 2.15. The molecule has 3 aromatic carbocycles. The molecular formula is C24H22N4O3. The topological polar surface area (TPSA) is 86.1 Å². The van der Waals surface area contributed by atoms with Crippen molar-refractivity contribution in [3.05, 3.63) is 89.5 Å². The fourth-order valence-electron chi connectivity index (χ4n) is 3.14. The number of para-hydroxylation sites is 1. The molecule has 0 aliphatic carbocycles. The fourth-order valence-corrected chi connectivity index (χ4v) is 3.14. The van der Waals surface area contributed by atoms with E-state index in [-0.39, 0.29) is 11.9 Å². The Morgan fingerprint density at radius 2 is 1.65 bits per heavy atom. The van der Waals surface area contributed by atoms with Crippen LogP contribution in [0.25, 0.3) is 11.0 Å². The maximum atomic E-state index is 12.5. The molecule has 0 saturated heterocycles. The maximum Gasteiger partial charge on any atom is 0.338 e. The van der Waals surface area contributed by atoms with Gasteiger partial charge in [-0.05, 0) is 60.5 Å². The number of carbonyl (C=O) groups excluding carboxylic acids is 2. The van der Waals surface area contributed by atoms with Gasteiger partial charge in [0, 0.05) is 11.3 Å². The molecule has 0 saturated carbocycles. The Morgan fingerprint density at radius 3 is 2.39 bits per heavy atom. The lowest BCUT2D eigenvalue weighted by Crippen LogP contribution is -2.12. The molecule has 7 nitrogen and oxygen atoms in total. The number of fused-ring (bicyclic) bond motifs is 1. The minimum atomic E-state index is -0.365. The zero-order valence-corrected chi connectivity index (χ0v) is 17.1. The summed E-state index contributed by atoms with van der Waals surface area (Å²) in [4.78, 5) is 24.4. The van der Waals surface area contributed by atoms with Gasteiger partial charge in [0.05, 0.1) is 24.2 Å². The molecule has 31 heavy (non-hydrogen) atoms. The lowest BCUT2D eigenvalue weighted by atomic mass is 10.1. The van der Waals surface area contributed by atoms with E-state index in [1.807, 2.05) is 48.0 Å². The number of carbonyl (C=O) groups is 2. The second kappa shape index (κ2) is 9.21. The summed E-state index contributed by atoms with van der Waals surface area (Å²) in [5.74, 6) is -0.588. The number of benzene rings is 3. The predicted molar refractivity (Wildman–Crippen MR) is 118 cm³/mol. The number of aromatic nitrogens is 3. The summed E-state index contributed by atoms with van der Waals surface area (Å²) in [6.45, 7) is 2.90. The molecule has 1 amide bonds. The highest BCUT2D eigenvalue weighted by molar-refractivity contribution is 6.04. The quantitative estimate of drug-likeness (QED) is 0.456. The molecule has 156 valence electrons. The highest BCUT2D eigenvalue weighted by Gasteiger charge is 2.10. The number of amides is 1. The zero-order valence-electron chi connectivity index (χ0n) is 17.1. The number of nitrogens with one attached hydrogen (secondary N) is 1. The normalized spacial score (nSPS) is 10.7. The Balaban J connectivity index is 1.38. The minimum Gasteiger partial charge on any atom is -0.462 e. The second-order valence-electron chi connectivity index (χ2n) is 7.10. The van der Waals surface area contributed by atoms with Crippen molar-refractivity contribution in [2.75, 3.05) is 11.9 Å². The van der Waals surface area contributed by atoms with Crippen molar-refractivity contribution >= 4 is 28.6 Å². The van der Waals surface area contributed by atoms with Gasteiger partial charge in [-0.15, -0.1) is 5.10 Å². The zero-order chi connectivity index (χ0) is 21.6. The summed E-state index contributed by atoms with van der Waals surface area (Å²) >= 11 is 0. The van der Waals surface area contributed by atoms with E-state index in [0.717, 1.165) is 23.0 Å². The first-order valence-corrected chi connectivity index (χ1v) is 10.1. The van der Waals surface area contributed by atoms with Crippen molar-refractivity contribution in [3.8, 4) is 0 Å². The van der Waals surface area contributed by atoms with E-state index in [2.05, 4.69) is 15.6 Å². The minimum absolute atomic E-state index is 0.223. The molecule has 0 fully saturated rings. The first-order valence-electron chi connectivity index (χ1n) is 10.1. The van der Waals surface area contributed by atoms with Crippen molar-refractivity contribution in [3.63, 3.8) is 0 Å². The first-order chi connectivity index (χ1) is 15.1. The third-order valence-electron chi connectivity index (χ3n) is 4.78. The van der Waals surface area contributed by atoms with Crippen LogP contribution in [0.5, 0.6) is 0 Å². The molecule has 0 unspecified atom stereocenters. The van der Waals surface area contributed by atoms with Gasteiger partial charge in [0.25, 0.3) is 5.91 Å². The molecule has 0 spiro atoms. The van der Waals surface area contributed by atoms with Crippen molar-refractivity contribution < 1.29 is 14.3 Å². The third kappa shape index (κ3) is 4.78. The van der Waals surface area contributed by atoms with Crippen molar-refractivity contribution in [2.24, 2.45) is 0 Å². The van der Waals surface area contributed by atoms with Gasteiger partial charge in [-0.3, -0.25) is 4.79 Å². The van der Waals surface area contributed by atoms with Gasteiger partial charge in [-0.1, -0.05) is 36.4 Å². The van der Waals surface area contributed by atoms with E-state index in [1.165, 1.54) is 0 Å². The number of hydrogen-bond donors (Lipinski definition) is 1. The van der Waals surface area contributed by atoms with Gasteiger partial charge in [-0.25, -0.2) is 9.48 Å². The van der Waals surface area contributed by atoms with E-state index in [1.54, 1.807) is 36.4 Å². The van der Waals surface area contributed by atoms with E-state index in [4.69, 9.17) is 4.74 Å². The molecule has 0 aliphatic rings. The molecule has 0 aliphatic heterocycles. The molecular weight excluding hydrogens is 392 g/mol. The second-order valence-corrected chi connectivity index (χ2v) is 7.10. The van der Waals surface area contributed by atoms with Crippen molar-refractivity contribution in [1.29, 1.82) is 0 Å². The predicted octanol–water partition coefficient (Wildman–Crippen LogP) is 4.30. The van der Waals surface area contributed by atoms with Crippen LogP contribution in [-0.4, -0.2) is 33.5 Å². The lowest BCUT2D eigenvalue weighted by Gasteiger charge is -2.08. The van der Waals surface area contributed by atoms with E-state index in [9.17, 15) is 9.59 Å². The molecule has 7 heteroatoms. The number of anilines is 1. The Bertz CT molecular complexity index is 1200. The Morgan fingerprint density at radius 1 is 0.935 bits per heavy atom. The van der Waals surface area contributed by atoms with Crippen LogP contribution in [0.1, 0.15) is 39.6 Å². The van der Waals surface area contributed by atoms with Gasteiger partial charge >= 0.3 is 5.97 Å². The van der Waals surface area contributed by atoms with Crippen LogP contribution in [0.4, 0.5) is 5.69 Å². The monoisotopic (exact) mass is 414 g/mol. The molecule has 4 aromatic rings. The number of esters is 1. The molecule has 0 radical (unpaired) electrons. The number of nitrogens with zero attached hydrogens (tertiary/aromatic N) is 3. The van der Waals surface area contributed by atoms with Gasteiger partial charge in [0.15, 0.2) is 0 Å². The Labute approximate surface area is 179 Å². The molecule has 0 bridgehead atoms. The van der Waals surface area contributed by atoms with E-state index in [0.29, 0.717) is 30.0 Å².